The van der Waals surface area contributed by atoms with Gasteiger partial charge in [-0.1, -0.05) is 20.8 Å². The molecule has 0 saturated carbocycles. The summed E-state index contributed by atoms with van der Waals surface area (Å²) in [5.74, 6) is 1.15. The molecule has 0 spiro atoms. The van der Waals surface area contributed by atoms with E-state index in [1.807, 2.05) is 18.9 Å². The Morgan fingerprint density at radius 3 is 2.53 bits per heavy atom. The zero-order valence-corrected chi connectivity index (χ0v) is 12.2. The van der Waals surface area contributed by atoms with Crippen molar-refractivity contribution < 1.29 is 4.92 Å². The van der Waals surface area contributed by atoms with Gasteiger partial charge in [0, 0.05) is 20.1 Å². The van der Waals surface area contributed by atoms with E-state index in [4.69, 9.17) is 0 Å². The van der Waals surface area contributed by atoms with Crippen molar-refractivity contribution in [3.63, 3.8) is 0 Å². The van der Waals surface area contributed by atoms with E-state index in [1.54, 1.807) is 0 Å². The van der Waals surface area contributed by atoms with Crippen molar-refractivity contribution in [3.05, 3.63) is 22.2 Å². The third kappa shape index (κ3) is 4.73. The van der Waals surface area contributed by atoms with Crippen molar-refractivity contribution in [2.75, 3.05) is 30.4 Å². The number of rotatable bonds is 5. The summed E-state index contributed by atoms with van der Waals surface area (Å²) in [6, 6.07) is 2.96. The minimum Gasteiger partial charge on any atom is -0.370 e. The van der Waals surface area contributed by atoms with Gasteiger partial charge in [0.25, 0.3) is 5.69 Å². The fraction of sp³-hybridized carbons (Fsp3) is 0.615. The molecule has 0 aromatic carbocycles. The Hall–Kier alpha value is -1.85. The lowest BCUT2D eigenvalue weighted by Crippen LogP contribution is -2.29. The summed E-state index contributed by atoms with van der Waals surface area (Å²) in [6.45, 7) is 9.73. The average Bonchev–Trinajstić information content (AvgIpc) is 2.26. The van der Waals surface area contributed by atoms with Crippen molar-refractivity contribution in [2.45, 2.75) is 27.7 Å². The molecule has 0 aliphatic carbocycles. The van der Waals surface area contributed by atoms with Gasteiger partial charge in [0.15, 0.2) is 0 Å². The van der Waals surface area contributed by atoms with Crippen LogP contribution in [0.15, 0.2) is 12.1 Å². The van der Waals surface area contributed by atoms with E-state index >= 15 is 0 Å². The highest BCUT2D eigenvalue weighted by Crippen LogP contribution is 2.25. The van der Waals surface area contributed by atoms with Crippen LogP contribution in [0.1, 0.15) is 27.7 Å². The molecule has 6 nitrogen and oxygen atoms in total. The highest BCUT2D eigenvalue weighted by molar-refractivity contribution is 5.55. The summed E-state index contributed by atoms with van der Waals surface area (Å²) in [6.07, 6.45) is 0. The molecule has 6 heteroatoms. The zero-order chi connectivity index (χ0) is 14.6. The van der Waals surface area contributed by atoms with Crippen molar-refractivity contribution in [3.8, 4) is 0 Å². The Labute approximate surface area is 114 Å². The van der Waals surface area contributed by atoms with Crippen LogP contribution in [-0.4, -0.2) is 30.0 Å². The van der Waals surface area contributed by atoms with Gasteiger partial charge in [-0.3, -0.25) is 10.1 Å². The number of aromatic nitrogens is 1. The molecule has 1 N–H and O–H groups in total. The predicted octanol–water partition coefficient (Wildman–Crippen LogP) is 2.90. The fourth-order valence-corrected chi connectivity index (χ4v) is 1.87. The second-order valence-electron chi connectivity index (χ2n) is 5.77. The average molecular weight is 266 g/mol. The highest BCUT2D eigenvalue weighted by Gasteiger charge is 2.18. The Kier molecular flexibility index (Phi) is 4.69. The Morgan fingerprint density at radius 2 is 2.05 bits per heavy atom. The van der Waals surface area contributed by atoms with E-state index < -0.39 is 4.92 Å². The molecule has 0 aliphatic heterocycles. The van der Waals surface area contributed by atoms with Crippen LogP contribution in [0, 0.1) is 15.5 Å². The van der Waals surface area contributed by atoms with Gasteiger partial charge < -0.3 is 10.2 Å². The van der Waals surface area contributed by atoms with Crippen molar-refractivity contribution in [1.29, 1.82) is 0 Å². The second-order valence-corrected chi connectivity index (χ2v) is 5.77. The van der Waals surface area contributed by atoms with E-state index in [1.165, 1.54) is 12.1 Å². The van der Waals surface area contributed by atoms with Crippen LogP contribution >= 0.6 is 0 Å². The molecule has 1 aromatic rings. The molecular formula is C13H22N4O2. The second kappa shape index (κ2) is 5.86. The molecular weight excluding hydrogens is 244 g/mol. The normalized spacial score (nSPS) is 11.2. The van der Waals surface area contributed by atoms with Gasteiger partial charge >= 0.3 is 0 Å². The smallest absolute Gasteiger partial charge is 0.276 e. The molecule has 0 bridgehead atoms. The molecule has 1 heterocycles. The molecule has 0 aliphatic rings. The first-order valence-corrected chi connectivity index (χ1v) is 6.34. The van der Waals surface area contributed by atoms with Crippen molar-refractivity contribution in [2.24, 2.45) is 5.41 Å². The number of hydrogen-bond acceptors (Lipinski definition) is 5. The summed E-state index contributed by atoms with van der Waals surface area (Å²) in [5, 5.41) is 14.0. The lowest BCUT2D eigenvalue weighted by atomic mass is 9.96. The molecule has 106 valence electrons. The van der Waals surface area contributed by atoms with Gasteiger partial charge in [0.05, 0.1) is 17.1 Å². The molecule has 0 unspecified atom stereocenters. The van der Waals surface area contributed by atoms with Crippen LogP contribution in [0.5, 0.6) is 0 Å². The van der Waals surface area contributed by atoms with Gasteiger partial charge in [-0.05, 0) is 12.3 Å². The number of pyridine rings is 1. The maximum Gasteiger partial charge on any atom is 0.276 e. The number of nitro groups is 1. The summed E-state index contributed by atoms with van der Waals surface area (Å²) < 4.78 is 0. The monoisotopic (exact) mass is 266 g/mol. The lowest BCUT2D eigenvalue weighted by molar-refractivity contribution is -0.384. The third-order valence-corrected chi connectivity index (χ3v) is 2.47. The zero-order valence-electron chi connectivity index (χ0n) is 12.2. The van der Waals surface area contributed by atoms with Gasteiger partial charge in [0.2, 0.25) is 0 Å². The summed E-state index contributed by atoms with van der Waals surface area (Å²) >= 11 is 0. The summed E-state index contributed by atoms with van der Waals surface area (Å²) in [5.41, 5.74) is 0.154. The maximum absolute atomic E-state index is 10.9. The van der Waals surface area contributed by atoms with Crippen LogP contribution in [0.4, 0.5) is 17.3 Å². The van der Waals surface area contributed by atoms with Crippen LogP contribution < -0.4 is 10.2 Å². The van der Waals surface area contributed by atoms with Gasteiger partial charge in [0.1, 0.15) is 11.6 Å². The van der Waals surface area contributed by atoms with Gasteiger partial charge in [-0.25, -0.2) is 4.98 Å². The molecule has 0 saturated heterocycles. The summed E-state index contributed by atoms with van der Waals surface area (Å²) in [4.78, 5) is 16.9. The summed E-state index contributed by atoms with van der Waals surface area (Å²) in [7, 11) is 1.90. The fourth-order valence-electron chi connectivity index (χ4n) is 1.87. The van der Waals surface area contributed by atoms with Crippen molar-refractivity contribution >= 4 is 17.3 Å². The van der Waals surface area contributed by atoms with Crippen LogP contribution in [-0.2, 0) is 0 Å². The molecule has 0 atom stereocenters. The maximum atomic E-state index is 10.9. The number of nitrogens with one attached hydrogen (secondary N) is 1. The van der Waals surface area contributed by atoms with E-state index in [-0.39, 0.29) is 11.1 Å². The van der Waals surface area contributed by atoms with Gasteiger partial charge in [-0.2, -0.15) is 0 Å². The first-order valence-electron chi connectivity index (χ1n) is 6.34. The van der Waals surface area contributed by atoms with E-state index in [2.05, 4.69) is 31.1 Å². The molecule has 0 fully saturated rings. The standard InChI is InChI=1S/C13H22N4O2/c1-6-14-11-7-10(17(18)19)8-12(15-11)16(5)9-13(2,3)4/h7-8H,6,9H2,1-5H3,(H,14,15). The van der Waals surface area contributed by atoms with Gasteiger partial charge in [-0.15, -0.1) is 0 Å². The first-order chi connectivity index (χ1) is 8.73. The molecule has 1 rings (SSSR count). The minimum absolute atomic E-state index is 0.0571. The van der Waals surface area contributed by atoms with E-state index in [0.29, 0.717) is 18.2 Å². The van der Waals surface area contributed by atoms with Crippen molar-refractivity contribution in [1.82, 2.24) is 4.98 Å². The number of hydrogen-bond donors (Lipinski definition) is 1. The Bertz CT molecular complexity index is 454. The van der Waals surface area contributed by atoms with Crippen LogP contribution in [0.25, 0.3) is 0 Å². The van der Waals surface area contributed by atoms with E-state index in [0.717, 1.165) is 6.54 Å². The predicted molar refractivity (Wildman–Crippen MR) is 77.8 cm³/mol. The Morgan fingerprint density at radius 1 is 1.42 bits per heavy atom. The minimum atomic E-state index is -0.392. The van der Waals surface area contributed by atoms with Crippen LogP contribution in [0.3, 0.4) is 0 Å². The molecule has 0 amide bonds. The quantitative estimate of drug-likeness (QED) is 0.655. The molecule has 1 aromatic heterocycles. The number of nitrogens with zero attached hydrogens (tertiary/aromatic N) is 3. The highest BCUT2D eigenvalue weighted by atomic mass is 16.6. The topological polar surface area (TPSA) is 71.3 Å². The molecule has 19 heavy (non-hydrogen) atoms. The first kappa shape index (κ1) is 15.2. The van der Waals surface area contributed by atoms with E-state index in [9.17, 15) is 10.1 Å². The third-order valence-electron chi connectivity index (χ3n) is 2.47. The van der Waals surface area contributed by atoms with Crippen LogP contribution in [0.2, 0.25) is 0 Å². The SMILES string of the molecule is CCNc1cc([N+](=O)[O-])cc(N(C)CC(C)(C)C)n1. The largest absolute Gasteiger partial charge is 0.370 e. The molecule has 0 radical (unpaired) electrons. The lowest BCUT2D eigenvalue weighted by Gasteiger charge is -2.27. The number of anilines is 2. The Balaban J connectivity index is 3.08.